The number of alkyl halides is 3. The number of aromatic nitrogens is 1. The Morgan fingerprint density at radius 3 is 2.47 bits per heavy atom. The van der Waals surface area contributed by atoms with E-state index in [0.717, 1.165) is 17.7 Å². The highest BCUT2D eigenvalue weighted by Crippen LogP contribution is 2.32. The van der Waals surface area contributed by atoms with Crippen molar-refractivity contribution in [3.63, 3.8) is 0 Å². The van der Waals surface area contributed by atoms with E-state index >= 15 is 0 Å². The molecule has 0 atom stereocenters. The summed E-state index contributed by atoms with van der Waals surface area (Å²) in [6.07, 6.45) is -2.12. The smallest absolute Gasteiger partial charge is 0.416 e. The summed E-state index contributed by atoms with van der Waals surface area (Å²) in [5.74, 6) is 1.06. The van der Waals surface area contributed by atoms with Gasteiger partial charge in [-0.2, -0.15) is 13.2 Å². The summed E-state index contributed by atoms with van der Waals surface area (Å²) in [6, 6.07) is 12.5. The van der Waals surface area contributed by atoms with Crippen LogP contribution in [0.4, 0.5) is 18.9 Å². The molecule has 1 aromatic heterocycles. The zero-order valence-corrected chi connectivity index (χ0v) is 17.9. The minimum Gasteiger partial charge on any atom is -0.441 e. The lowest BCUT2D eigenvalue weighted by molar-refractivity contribution is -0.137. The third kappa shape index (κ3) is 5.24. The molecule has 0 radical (unpaired) electrons. The largest absolute Gasteiger partial charge is 0.441 e. The normalized spacial score (nSPS) is 14.6. The van der Waals surface area contributed by atoms with Gasteiger partial charge < -0.3 is 14.2 Å². The van der Waals surface area contributed by atoms with E-state index in [1.165, 1.54) is 6.07 Å². The molecule has 0 aliphatic carbocycles. The van der Waals surface area contributed by atoms with Crippen molar-refractivity contribution in [1.82, 2.24) is 9.88 Å². The van der Waals surface area contributed by atoms with Crippen molar-refractivity contribution in [2.45, 2.75) is 19.0 Å². The maximum absolute atomic E-state index is 13.0. The van der Waals surface area contributed by atoms with Gasteiger partial charge in [-0.25, -0.2) is 4.98 Å². The number of rotatable bonds is 5. The van der Waals surface area contributed by atoms with Crippen LogP contribution in [0, 0.1) is 0 Å². The van der Waals surface area contributed by atoms with Gasteiger partial charge in [0.25, 0.3) is 0 Å². The minimum atomic E-state index is -4.37. The number of benzene rings is 2. The fourth-order valence-electron chi connectivity index (χ4n) is 3.64. The average Bonchev–Trinajstić information content (AvgIpc) is 3.27. The van der Waals surface area contributed by atoms with Crippen LogP contribution in [0.25, 0.3) is 11.3 Å². The van der Waals surface area contributed by atoms with Gasteiger partial charge in [0, 0.05) is 55.3 Å². The molecule has 168 valence electrons. The van der Waals surface area contributed by atoms with Gasteiger partial charge in [0.15, 0.2) is 11.7 Å². The van der Waals surface area contributed by atoms with E-state index < -0.39 is 11.7 Å². The van der Waals surface area contributed by atoms with Gasteiger partial charge in [-0.15, -0.1) is 0 Å². The Morgan fingerprint density at radius 2 is 1.78 bits per heavy atom. The summed E-state index contributed by atoms with van der Waals surface area (Å²) in [6.45, 7) is 1.87. The molecule has 2 aromatic carbocycles. The van der Waals surface area contributed by atoms with Crippen LogP contribution < -0.4 is 4.90 Å². The van der Waals surface area contributed by atoms with Gasteiger partial charge in [-0.1, -0.05) is 17.7 Å². The summed E-state index contributed by atoms with van der Waals surface area (Å²) in [7, 11) is 0. The molecule has 4 rings (SSSR count). The number of carbonyl (C=O) groups excluding carboxylic acids is 1. The number of amides is 1. The highest BCUT2D eigenvalue weighted by Gasteiger charge is 2.31. The molecule has 1 fully saturated rings. The number of nitrogens with zero attached hydrogens (tertiary/aromatic N) is 3. The fourth-order valence-corrected chi connectivity index (χ4v) is 3.76. The molecule has 1 aliphatic heterocycles. The molecule has 2 heterocycles. The first-order valence-corrected chi connectivity index (χ1v) is 10.6. The molecule has 32 heavy (non-hydrogen) atoms. The minimum absolute atomic E-state index is 0.0278. The monoisotopic (exact) mass is 463 g/mol. The maximum atomic E-state index is 13.0. The zero-order valence-electron chi connectivity index (χ0n) is 17.1. The van der Waals surface area contributed by atoms with Crippen LogP contribution in [-0.4, -0.2) is 42.0 Å². The number of oxazole rings is 1. The van der Waals surface area contributed by atoms with Crippen LogP contribution in [0.1, 0.15) is 17.9 Å². The topological polar surface area (TPSA) is 49.6 Å². The van der Waals surface area contributed by atoms with Gasteiger partial charge in [0.05, 0.1) is 11.8 Å². The summed E-state index contributed by atoms with van der Waals surface area (Å²) in [4.78, 5) is 20.4. The lowest BCUT2D eigenvalue weighted by atomic mass is 10.1. The Balaban J connectivity index is 1.29. The van der Waals surface area contributed by atoms with E-state index in [-0.39, 0.29) is 12.3 Å². The lowest BCUT2D eigenvalue weighted by Crippen LogP contribution is -2.48. The number of piperazine rings is 1. The summed E-state index contributed by atoms with van der Waals surface area (Å²) >= 11 is 5.89. The molecule has 1 amide bonds. The van der Waals surface area contributed by atoms with Crippen LogP contribution in [-0.2, 0) is 17.4 Å². The maximum Gasteiger partial charge on any atom is 0.416 e. The molecule has 3 aromatic rings. The summed E-state index contributed by atoms with van der Waals surface area (Å²) in [5.41, 5.74) is 0.698. The number of carbonyl (C=O) groups is 1. The van der Waals surface area contributed by atoms with Crippen molar-refractivity contribution in [2.24, 2.45) is 0 Å². The van der Waals surface area contributed by atoms with Crippen molar-refractivity contribution in [3.8, 4) is 11.3 Å². The van der Waals surface area contributed by atoms with Crippen molar-refractivity contribution in [3.05, 3.63) is 71.2 Å². The van der Waals surface area contributed by atoms with E-state index in [2.05, 4.69) is 4.98 Å². The van der Waals surface area contributed by atoms with E-state index in [9.17, 15) is 18.0 Å². The van der Waals surface area contributed by atoms with Gasteiger partial charge in [-0.05, 0) is 42.5 Å². The van der Waals surface area contributed by atoms with E-state index in [4.69, 9.17) is 16.0 Å². The number of halogens is 4. The van der Waals surface area contributed by atoms with Crippen molar-refractivity contribution in [1.29, 1.82) is 0 Å². The van der Waals surface area contributed by atoms with E-state index in [0.29, 0.717) is 55.0 Å². The molecular weight excluding hydrogens is 443 g/mol. The summed E-state index contributed by atoms with van der Waals surface area (Å²) in [5, 5.41) is 0.632. The second-order valence-corrected chi connectivity index (χ2v) is 7.98. The van der Waals surface area contributed by atoms with Crippen molar-refractivity contribution >= 4 is 23.2 Å². The second kappa shape index (κ2) is 9.24. The molecule has 0 unspecified atom stereocenters. The molecular formula is C23H21ClF3N3O2. The number of hydrogen-bond acceptors (Lipinski definition) is 4. The van der Waals surface area contributed by atoms with Gasteiger partial charge in [-0.3, -0.25) is 4.79 Å². The van der Waals surface area contributed by atoms with Crippen molar-refractivity contribution in [2.75, 3.05) is 31.1 Å². The highest BCUT2D eigenvalue weighted by atomic mass is 35.5. The number of hydrogen-bond donors (Lipinski definition) is 0. The Hall–Kier alpha value is -3.00. The Kier molecular flexibility index (Phi) is 6.41. The van der Waals surface area contributed by atoms with Crippen LogP contribution in [0.15, 0.2) is 59.1 Å². The second-order valence-electron chi connectivity index (χ2n) is 7.54. The Bertz CT molecular complexity index is 1070. The molecule has 1 aliphatic rings. The highest BCUT2D eigenvalue weighted by molar-refractivity contribution is 6.30. The number of aryl methyl sites for hydroxylation is 1. The standard InChI is InChI=1S/C23H21ClF3N3O2/c24-18-6-4-16(5-7-18)20-15-28-21(32-20)8-9-22(31)30-12-10-29(11-13-30)19-3-1-2-17(14-19)23(25,26)27/h1-7,14-15H,8-13H2. The average molecular weight is 464 g/mol. The first-order chi connectivity index (χ1) is 15.3. The van der Waals surface area contributed by atoms with E-state index in [1.54, 1.807) is 29.3 Å². The summed E-state index contributed by atoms with van der Waals surface area (Å²) < 4.78 is 44.6. The van der Waals surface area contributed by atoms with Crippen LogP contribution in [0.2, 0.25) is 5.02 Å². The van der Waals surface area contributed by atoms with Gasteiger partial charge in [0.1, 0.15) is 0 Å². The van der Waals surface area contributed by atoms with Gasteiger partial charge in [0.2, 0.25) is 5.91 Å². The molecule has 0 bridgehead atoms. The molecule has 0 saturated carbocycles. The van der Waals surface area contributed by atoms with Crippen LogP contribution in [0.3, 0.4) is 0 Å². The SMILES string of the molecule is O=C(CCc1ncc(-c2ccc(Cl)cc2)o1)N1CCN(c2cccc(C(F)(F)F)c2)CC1. The molecule has 0 spiro atoms. The first-order valence-electron chi connectivity index (χ1n) is 10.2. The predicted octanol–water partition coefficient (Wildman–Crippen LogP) is 5.30. The molecule has 1 saturated heterocycles. The number of anilines is 1. The first kappa shape index (κ1) is 22.2. The predicted molar refractivity (Wildman–Crippen MR) is 116 cm³/mol. The third-order valence-electron chi connectivity index (χ3n) is 5.41. The van der Waals surface area contributed by atoms with Gasteiger partial charge >= 0.3 is 6.18 Å². The Labute approximate surface area is 188 Å². The zero-order chi connectivity index (χ0) is 22.7. The molecule has 5 nitrogen and oxygen atoms in total. The van der Waals surface area contributed by atoms with Crippen LogP contribution in [0.5, 0.6) is 0 Å². The quantitative estimate of drug-likeness (QED) is 0.515. The molecule has 9 heteroatoms. The Morgan fingerprint density at radius 1 is 1.06 bits per heavy atom. The van der Waals surface area contributed by atoms with Crippen LogP contribution >= 0.6 is 11.6 Å². The lowest BCUT2D eigenvalue weighted by Gasteiger charge is -2.36. The molecule has 0 N–H and O–H groups in total. The fraction of sp³-hybridized carbons (Fsp3) is 0.304. The van der Waals surface area contributed by atoms with E-state index in [1.807, 2.05) is 17.0 Å². The third-order valence-corrected chi connectivity index (χ3v) is 5.66. The van der Waals surface area contributed by atoms with Crippen molar-refractivity contribution < 1.29 is 22.4 Å².